The summed E-state index contributed by atoms with van der Waals surface area (Å²) in [6.07, 6.45) is 5.07. The van der Waals surface area contributed by atoms with Gasteiger partial charge in [0.05, 0.1) is 24.4 Å². The molecule has 2 N–H and O–H groups in total. The Balaban J connectivity index is 1.79. The Morgan fingerprint density at radius 1 is 1.27 bits per heavy atom. The van der Waals surface area contributed by atoms with Gasteiger partial charge >= 0.3 is 6.09 Å². The Labute approximate surface area is 153 Å². The summed E-state index contributed by atoms with van der Waals surface area (Å²) in [4.78, 5) is 37.8. The van der Waals surface area contributed by atoms with Crippen LogP contribution >= 0.6 is 0 Å². The molecule has 1 saturated heterocycles. The highest BCUT2D eigenvalue weighted by molar-refractivity contribution is 5.96. The van der Waals surface area contributed by atoms with Crippen LogP contribution in [0.5, 0.6) is 0 Å². The molecule has 8 heteroatoms. The Bertz CT molecular complexity index is 621. The number of hydrogen-bond acceptors (Lipinski definition) is 5. The van der Waals surface area contributed by atoms with Crippen molar-refractivity contribution in [1.82, 2.24) is 15.5 Å². The number of amides is 3. The maximum atomic E-state index is 12.3. The molecule has 0 aromatic carbocycles. The first-order chi connectivity index (χ1) is 12.3. The van der Waals surface area contributed by atoms with E-state index in [0.29, 0.717) is 18.7 Å². The molecule has 1 aromatic heterocycles. The van der Waals surface area contributed by atoms with Crippen LogP contribution in [0.2, 0.25) is 0 Å². The fourth-order valence-electron chi connectivity index (χ4n) is 2.72. The average Bonchev–Trinajstić information content (AvgIpc) is 3.11. The van der Waals surface area contributed by atoms with Crippen LogP contribution in [-0.2, 0) is 9.53 Å². The minimum atomic E-state index is -0.556. The second-order valence-electron chi connectivity index (χ2n) is 7.32. The SMILES string of the molecule is CC(C)(C)OC(=O)N1CCCC[C@H]1CNC(=O)CNC(=O)c1ccoc1. The lowest BCUT2D eigenvalue weighted by Crippen LogP contribution is -2.51. The largest absolute Gasteiger partial charge is 0.472 e. The van der Waals surface area contributed by atoms with Crippen LogP contribution in [0, 0.1) is 0 Å². The summed E-state index contributed by atoms with van der Waals surface area (Å²) < 4.78 is 10.3. The molecule has 0 radical (unpaired) electrons. The van der Waals surface area contributed by atoms with Crippen LogP contribution in [0.4, 0.5) is 4.79 Å². The van der Waals surface area contributed by atoms with E-state index >= 15 is 0 Å². The first-order valence-corrected chi connectivity index (χ1v) is 8.83. The number of piperidine rings is 1. The van der Waals surface area contributed by atoms with E-state index in [1.165, 1.54) is 18.6 Å². The Hall–Kier alpha value is -2.51. The minimum Gasteiger partial charge on any atom is -0.472 e. The topological polar surface area (TPSA) is 101 Å². The average molecular weight is 365 g/mol. The van der Waals surface area contributed by atoms with Gasteiger partial charge in [-0.1, -0.05) is 0 Å². The monoisotopic (exact) mass is 365 g/mol. The van der Waals surface area contributed by atoms with Crippen LogP contribution < -0.4 is 10.6 Å². The minimum absolute atomic E-state index is 0.105. The summed E-state index contributed by atoms with van der Waals surface area (Å²) in [5, 5.41) is 5.30. The second kappa shape index (κ2) is 8.73. The molecule has 1 atom stereocenters. The Morgan fingerprint density at radius 2 is 2.04 bits per heavy atom. The molecule has 0 saturated carbocycles. The predicted molar refractivity (Wildman–Crippen MR) is 94.6 cm³/mol. The second-order valence-corrected chi connectivity index (χ2v) is 7.32. The third kappa shape index (κ3) is 6.09. The van der Waals surface area contributed by atoms with Gasteiger partial charge in [-0.2, -0.15) is 0 Å². The van der Waals surface area contributed by atoms with Gasteiger partial charge in [0.15, 0.2) is 0 Å². The van der Waals surface area contributed by atoms with Gasteiger partial charge in [0, 0.05) is 13.1 Å². The summed E-state index contributed by atoms with van der Waals surface area (Å²) >= 11 is 0. The van der Waals surface area contributed by atoms with Gasteiger partial charge in [-0.05, 0) is 46.1 Å². The number of hydrogen-bond donors (Lipinski definition) is 2. The molecule has 26 heavy (non-hydrogen) atoms. The lowest BCUT2D eigenvalue weighted by molar-refractivity contribution is -0.120. The fourth-order valence-corrected chi connectivity index (χ4v) is 2.72. The summed E-state index contributed by atoms with van der Waals surface area (Å²) in [6.45, 7) is 6.30. The van der Waals surface area contributed by atoms with Gasteiger partial charge in [-0.15, -0.1) is 0 Å². The molecule has 0 spiro atoms. The van der Waals surface area contributed by atoms with Crippen molar-refractivity contribution in [3.8, 4) is 0 Å². The smallest absolute Gasteiger partial charge is 0.410 e. The molecule has 3 amide bonds. The highest BCUT2D eigenvalue weighted by atomic mass is 16.6. The third-order valence-corrected chi connectivity index (χ3v) is 3.98. The Kier molecular flexibility index (Phi) is 6.65. The zero-order valence-electron chi connectivity index (χ0n) is 15.5. The van der Waals surface area contributed by atoms with Crippen molar-refractivity contribution in [2.45, 2.75) is 51.7 Å². The van der Waals surface area contributed by atoms with Gasteiger partial charge in [0.1, 0.15) is 11.9 Å². The highest BCUT2D eigenvalue weighted by Crippen LogP contribution is 2.20. The Morgan fingerprint density at radius 3 is 2.69 bits per heavy atom. The molecular formula is C18H27N3O5. The van der Waals surface area contributed by atoms with Crippen LogP contribution in [0.25, 0.3) is 0 Å². The summed E-state index contributed by atoms with van der Waals surface area (Å²) in [7, 11) is 0. The molecule has 1 fully saturated rings. The molecule has 8 nitrogen and oxygen atoms in total. The molecule has 0 bridgehead atoms. The number of carbonyl (C=O) groups is 3. The van der Waals surface area contributed by atoms with Crippen molar-refractivity contribution in [1.29, 1.82) is 0 Å². The van der Waals surface area contributed by atoms with E-state index in [9.17, 15) is 14.4 Å². The van der Waals surface area contributed by atoms with E-state index in [1.807, 2.05) is 20.8 Å². The molecule has 144 valence electrons. The third-order valence-electron chi connectivity index (χ3n) is 3.98. The van der Waals surface area contributed by atoms with Crippen molar-refractivity contribution < 1.29 is 23.5 Å². The quantitative estimate of drug-likeness (QED) is 0.830. The predicted octanol–water partition coefficient (Wildman–Crippen LogP) is 1.92. The van der Waals surface area contributed by atoms with E-state index < -0.39 is 5.60 Å². The van der Waals surface area contributed by atoms with E-state index in [2.05, 4.69) is 10.6 Å². The zero-order chi connectivity index (χ0) is 19.2. The number of nitrogens with one attached hydrogen (secondary N) is 2. The zero-order valence-corrected chi connectivity index (χ0v) is 15.5. The number of rotatable bonds is 5. The van der Waals surface area contributed by atoms with Gasteiger partial charge in [0.2, 0.25) is 5.91 Å². The van der Waals surface area contributed by atoms with Crippen molar-refractivity contribution in [2.75, 3.05) is 19.6 Å². The van der Waals surface area contributed by atoms with Crippen LogP contribution in [0.3, 0.4) is 0 Å². The number of nitrogens with zero attached hydrogens (tertiary/aromatic N) is 1. The summed E-state index contributed by atoms with van der Waals surface area (Å²) in [5.41, 5.74) is -0.194. The number of likely N-dealkylation sites (tertiary alicyclic amines) is 1. The van der Waals surface area contributed by atoms with Crippen LogP contribution in [0.15, 0.2) is 23.0 Å². The lowest BCUT2D eigenvalue weighted by Gasteiger charge is -2.36. The molecule has 1 aliphatic rings. The molecule has 1 aliphatic heterocycles. The van der Waals surface area contributed by atoms with Crippen molar-refractivity contribution >= 4 is 17.9 Å². The van der Waals surface area contributed by atoms with E-state index in [-0.39, 0.29) is 30.5 Å². The first-order valence-electron chi connectivity index (χ1n) is 8.83. The lowest BCUT2D eigenvalue weighted by atomic mass is 10.0. The van der Waals surface area contributed by atoms with Crippen LogP contribution in [0.1, 0.15) is 50.4 Å². The first kappa shape index (κ1) is 19.8. The number of carbonyl (C=O) groups excluding carboxylic acids is 3. The molecule has 2 heterocycles. The standard InChI is InChI=1S/C18H27N3O5/c1-18(2,3)26-17(24)21-8-5-4-6-14(21)10-19-15(22)11-20-16(23)13-7-9-25-12-13/h7,9,12,14H,4-6,8,10-11H2,1-3H3,(H,19,22)(H,20,23)/t14-/m0/s1. The van der Waals surface area contributed by atoms with Gasteiger partial charge in [-0.3, -0.25) is 9.59 Å². The van der Waals surface area contributed by atoms with Gasteiger partial charge < -0.3 is 24.7 Å². The molecule has 2 rings (SSSR count). The number of ether oxygens (including phenoxy) is 1. The van der Waals surface area contributed by atoms with Crippen molar-refractivity contribution in [3.05, 3.63) is 24.2 Å². The van der Waals surface area contributed by atoms with E-state index in [4.69, 9.17) is 9.15 Å². The maximum absolute atomic E-state index is 12.3. The van der Waals surface area contributed by atoms with Gasteiger partial charge in [0.25, 0.3) is 5.91 Å². The summed E-state index contributed by atoms with van der Waals surface area (Å²) in [6, 6.07) is 1.42. The van der Waals surface area contributed by atoms with Gasteiger partial charge in [-0.25, -0.2) is 4.79 Å². The normalized spacial score (nSPS) is 17.5. The summed E-state index contributed by atoms with van der Waals surface area (Å²) in [5.74, 6) is -0.682. The van der Waals surface area contributed by atoms with Crippen molar-refractivity contribution in [3.63, 3.8) is 0 Å². The fraction of sp³-hybridized carbons (Fsp3) is 0.611. The van der Waals surface area contributed by atoms with Crippen LogP contribution in [-0.4, -0.2) is 54.1 Å². The van der Waals surface area contributed by atoms with E-state index in [1.54, 1.807) is 4.90 Å². The molecular weight excluding hydrogens is 338 g/mol. The van der Waals surface area contributed by atoms with Crippen molar-refractivity contribution in [2.24, 2.45) is 0 Å². The maximum Gasteiger partial charge on any atom is 0.410 e. The highest BCUT2D eigenvalue weighted by Gasteiger charge is 2.30. The molecule has 1 aromatic rings. The number of furan rings is 1. The van der Waals surface area contributed by atoms with E-state index in [0.717, 1.165) is 19.3 Å². The molecule has 0 aliphatic carbocycles. The molecule has 0 unspecified atom stereocenters.